The molecule has 0 saturated carbocycles. The molecule has 1 aliphatic rings. The van der Waals surface area contributed by atoms with Crippen molar-refractivity contribution in [2.45, 2.75) is 70.9 Å². The van der Waals surface area contributed by atoms with Crippen molar-refractivity contribution in [3.8, 4) is 0 Å². The fourth-order valence-corrected chi connectivity index (χ4v) is 3.12. The van der Waals surface area contributed by atoms with Crippen molar-refractivity contribution in [1.82, 2.24) is 10.2 Å². The van der Waals surface area contributed by atoms with Gasteiger partial charge in [0.1, 0.15) is 6.04 Å². The minimum Gasteiger partial charge on any atom is -0.481 e. The molecule has 1 fully saturated rings. The zero-order valence-corrected chi connectivity index (χ0v) is 14.4. The second kappa shape index (κ2) is 10.1. The highest BCUT2D eigenvalue weighted by Crippen LogP contribution is 2.19. The van der Waals surface area contributed by atoms with E-state index in [1.165, 1.54) is 4.90 Å². The highest BCUT2D eigenvalue weighted by atomic mass is 16.4. The normalized spacial score (nSPS) is 18.5. The number of carbonyl (C=O) groups is 3. The SMILES string of the molecule is CCCC(CCC)C(=O)N[C@@H](CC(=O)O)C(=O)N1CCC[C@H]1[C]=O. The van der Waals surface area contributed by atoms with E-state index in [1.54, 1.807) is 0 Å². The van der Waals surface area contributed by atoms with Gasteiger partial charge in [-0.1, -0.05) is 26.7 Å². The standard InChI is InChI=1S/C17H27N2O5/c1-3-6-12(7-4-2)16(23)18-14(10-15(21)22)17(24)19-9-5-8-13(19)11-20/h12-14H,3-10H2,1-2H3,(H,18,23)(H,21,22)/t13-,14-/m0/s1. The summed E-state index contributed by atoms with van der Waals surface area (Å²) in [4.78, 5) is 48.4. The monoisotopic (exact) mass is 339 g/mol. The topological polar surface area (TPSA) is 104 Å². The van der Waals surface area contributed by atoms with Gasteiger partial charge >= 0.3 is 5.97 Å². The van der Waals surface area contributed by atoms with Gasteiger partial charge in [-0.15, -0.1) is 0 Å². The summed E-state index contributed by atoms with van der Waals surface area (Å²) in [6.07, 6.45) is 5.59. The predicted molar refractivity (Wildman–Crippen MR) is 87.9 cm³/mol. The van der Waals surface area contributed by atoms with Gasteiger partial charge in [-0.3, -0.25) is 19.2 Å². The molecule has 0 aliphatic carbocycles. The van der Waals surface area contributed by atoms with E-state index in [0.29, 0.717) is 32.2 Å². The highest BCUT2D eigenvalue weighted by Gasteiger charge is 2.35. The van der Waals surface area contributed by atoms with E-state index in [1.807, 2.05) is 20.1 Å². The van der Waals surface area contributed by atoms with E-state index in [9.17, 15) is 19.2 Å². The first kappa shape index (κ1) is 20.1. The zero-order chi connectivity index (χ0) is 18.1. The van der Waals surface area contributed by atoms with Gasteiger partial charge in [0, 0.05) is 12.5 Å². The van der Waals surface area contributed by atoms with E-state index in [0.717, 1.165) is 12.8 Å². The number of rotatable bonds is 10. The summed E-state index contributed by atoms with van der Waals surface area (Å²) in [5, 5.41) is 11.7. The van der Waals surface area contributed by atoms with Gasteiger partial charge in [0.15, 0.2) is 0 Å². The van der Waals surface area contributed by atoms with E-state index >= 15 is 0 Å². The molecule has 7 heteroatoms. The molecule has 0 aromatic heterocycles. The van der Waals surface area contributed by atoms with Crippen molar-refractivity contribution in [2.75, 3.05) is 6.54 Å². The van der Waals surface area contributed by atoms with Crippen LogP contribution in [0.25, 0.3) is 0 Å². The zero-order valence-electron chi connectivity index (χ0n) is 14.4. The number of carboxylic acids is 1. The van der Waals surface area contributed by atoms with Crippen molar-refractivity contribution < 1.29 is 24.3 Å². The molecule has 2 amide bonds. The quantitative estimate of drug-likeness (QED) is 0.624. The first-order chi connectivity index (χ1) is 11.4. The molecule has 0 aromatic rings. The Morgan fingerprint density at radius 1 is 1.25 bits per heavy atom. The van der Waals surface area contributed by atoms with E-state index in [-0.39, 0.29) is 11.8 Å². The first-order valence-corrected chi connectivity index (χ1v) is 8.64. The van der Waals surface area contributed by atoms with Crippen LogP contribution in [0, 0.1) is 5.92 Å². The molecule has 1 rings (SSSR count). The molecule has 24 heavy (non-hydrogen) atoms. The number of amides is 2. The summed E-state index contributed by atoms with van der Waals surface area (Å²) in [6.45, 7) is 4.34. The smallest absolute Gasteiger partial charge is 0.305 e. The minimum absolute atomic E-state index is 0.226. The Morgan fingerprint density at radius 3 is 2.38 bits per heavy atom. The van der Waals surface area contributed by atoms with Crippen LogP contribution in [-0.2, 0) is 19.2 Å². The van der Waals surface area contributed by atoms with Crippen LogP contribution in [0.15, 0.2) is 0 Å². The molecular weight excluding hydrogens is 312 g/mol. The fourth-order valence-electron chi connectivity index (χ4n) is 3.12. The van der Waals surface area contributed by atoms with E-state index in [2.05, 4.69) is 5.32 Å². The molecule has 1 heterocycles. The van der Waals surface area contributed by atoms with E-state index in [4.69, 9.17) is 5.11 Å². The molecule has 0 aromatic carbocycles. The number of hydrogen-bond acceptors (Lipinski definition) is 4. The van der Waals surface area contributed by atoms with Gasteiger partial charge in [-0.05, 0) is 25.7 Å². The molecule has 2 N–H and O–H groups in total. The summed E-state index contributed by atoms with van der Waals surface area (Å²) < 4.78 is 0. The average Bonchev–Trinajstić information content (AvgIpc) is 3.01. The Balaban J connectivity index is 2.83. The highest BCUT2D eigenvalue weighted by molar-refractivity contribution is 5.92. The molecule has 0 bridgehead atoms. The summed E-state index contributed by atoms with van der Waals surface area (Å²) in [5.41, 5.74) is 0. The lowest BCUT2D eigenvalue weighted by Crippen LogP contribution is -2.52. The maximum atomic E-state index is 12.6. The minimum atomic E-state index is -1.16. The van der Waals surface area contributed by atoms with Crippen LogP contribution in [-0.4, -0.2) is 52.7 Å². The van der Waals surface area contributed by atoms with Gasteiger partial charge in [0.2, 0.25) is 18.1 Å². The maximum absolute atomic E-state index is 12.6. The van der Waals surface area contributed by atoms with Gasteiger partial charge in [0.25, 0.3) is 0 Å². The Labute approximate surface area is 142 Å². The van der Waals surface area contributed by atoms with Crippen molar-refractivity contribution >= 4 is 24.1 Å². The Morgan fingerprint density at radius 2 is 1.88 bits per heavy atom. The van der Waals surface area contributed by atoms with Crippen LogP contribution >= 0.6 is 0 Å². The molecule has 135 valence electrons. The molecule has 1 aliphatic heterocycles. The lowest BCUT2D eigenvalue weighted by atomic mass is 9.96. The molecule has 1 saturated heterocycles. The summed E-state index contributed by atoms with van der Waals surface area (Å²) in [6, 6.07) is -1.78. The van der Waals surface area contributed by atoms with Crippen LogP contribution in [0.2, 0.25) is 0 Å². The number of nitrogens with one attached hydrogen (secondary N) is 1. The maximum Gasteiger partial charge on any atom is 0.305 e. The van der Waals surface area contributed by atoms with Gasteiger partial charge in [-0.25, -0.2) is 0 Å². The largest absolute Gasteiger partial charge is 0.481 e. The summed E-state index contributed by atoms with van der Waals surface area (Å²) >= 11 is 0. The van der Waals surface area contributed by atoms with Crippen molar-refractivity contribution in [3.05, 3.63) is 0 Å². The van der Waals surface area contributed by atoms with Crippen LogP contribution in [0.3, 0.4) is 0 Å². The third-order valence-corrected chi connectivity index (χ3v) is 4.31. The number of carbonyl (C=O) groups excluding carboxylic acids is 3. The number of nitrogens with zero attached hydrogens (tertiary/aromatic N) is 1. The fraction of sp³-hybridized carbons (Fsp3) is 0.765. The second-order valence-electron chi connectivity index (χ2n) is 6.24. The number of aliphatic carboxylic acids is 1. The van der Waals surface area contributed by atoms with E-state index < -0.39 is 30.4 Å². The summed E-state index contributed by atoms with van der Waals surface area (Å²) in [5.74, 6) is -2.19. The van der Waals surface area contributed by atoms with Gasteiger partial charge in [0.05, 0.1) is 12.5 Å². The molecule has 7 nitrogen and oxygen atoms in total. The molecule has 0 unspecified atom stereocenters. The molecular formula is C17H27N2O5. The number of carboxylic acid groups (broad SMARTS) is 1. The van der Waals surface area contributed by atoms with Crippen molar-refractivity contribution in [2.24, 2.45) is 5.92 Å². The van der Waals surface area contributed by atoms with Crippen LogP contribution in [0.4, 0.5) is 0 Å². The van der Waals surface area contributed by atoms with Crippen LogP contribution in [0.1, 0.15) is 58.8 Å². The summed E-state index contributed by atoms with van der Waals surface area (Å²) in [7, 11) is 0. The Kier molecular flexibility index (Phi) is 8.43. The Bertz CT molecular complexity index is 460. The predicted octanol–water partition coefficient (Wildman–Crippen LogP) is 1.26. The number of hydrogen-bond donors (Lipinski definition) is 2. The molecule has 0 spiro atoms. The van der Waals surface area contributed by atoms with Gasteiger partial charge < -0.3 is 15.3 Å². The second-order valence-corrected chi connectivity index (χ2v) is 6.24. The Hall–Kier alpha value is -1.92. The first-order valence-electron chi connectivity index (χ1n) is 8.64. The lowest BCUT2D eigenvalue weighted by molar-refractivity contribution is -0.144. The molecule has 1 radical (unpaired) electrons. The van der Waals surface area contributed by atoms with Crippen LogP contribution < -0.4 is 5.32 Å². The van der Waals surface area contributed by atoms with Crippen molar-refractivity contribution in [1.29, 1.82) is 0 Å². The molecule has 2 atom stereocenters. The average molecular weight is 339 g/mol. The van der Waals surface area contributed by atoms with Crippen molar-refractivity contribution in [3.63, 3.8) is 0 Å². The van der Waals surface area contributed by atoms with Crippen LogP contribution in [0.5, 0.6) is 0 Å². The third kappa shape index (κ3) is 5.62. The third-order valence-electron chi connectivity index (χ3n) is 4.31. The number of likely N-dealkylation sites (tertiary alicyclic amines) is 1. The lowest BCUT2D eigenvalue weighted by Gasteiger charge is -2.27. The van der Waals surface area contributed by atoms with Gasteiger partial charge in [-0.2, -0.15) is 0 Å².